The lowest BCUT2D eigenvalue weighted by Crippen LogP contribution is -2.62. The molecule has 3 saturated carbocycles. The second kappa shape index (κ2) is 39.0. The van der Waals surface area contributed by atoms with Crippen LogP contribution in [0.3, 0.4) is 0 Å². The number of aliphatic hydroxyl groups excluding tert-OH is 2. The third-order valence-electron chi connectivity index (χ3n) is 23.4. The first kappa shape index (κ1) is 88.1. The van der Waals surface area contributed by atoms with Gasteiger partial charge in [0.2, 0.25) is 53.2 Å². The van der Waals surface area contributed by atoms with Crippen LogP contribution < -0.4 is 70.6 Å². The predicted octanol–water partition coefficient (Wildman–Crippen LogP) is 0.589. The normalized spacial score (nSPS) is 24.0. The third-order valence-corrected chi connectivity index (χ3v) is 23.4. The van der Waals surface area contributed by atoms with E-state index in [1.807, 2.05) is 11.5 Å². The number of carbonyl (C=O) groups excluding carboxylic acids is 13. The fraction of sp³-hybridized carbons (Fsp3) is 0.588. The minimum Gasteiger partial charge on any atom is -0.508 e. The van der Waals surface area contributed by atoms with E-state index in [1.165, 1.54) is 47.3 Å². The van der Waals surface area contributed by atoms with Crippen LogP contribution in [0.4, 0.5) is 4.79 Å². The number of para-hydroxylation sites is 1. The highest BCUT2D eigenvalue weighted by Gasteiger charge is 2.61. The molecule has 4 aromatic rings. The summed E-state index contributed by atoms with van der Waals surface area (Å²) in [7, 11) is 0. The van der Waals surface area contributed by atoms with Gasteiger partial charge < -0.3 is 94.7 Å². The third kappa shape index (κ3) is 22.8. The second-order valence-corrected chi connectivity index (χ2v) is 33.0. The van der Waals surface area contributed by atoms with Crippen molar-refractivity contribution in [3.8, 4) is 5.75 Å². The largest absolute Gasteiger partial charge is 0.508 e. The first-order chi connectivity index (χ1) is 54.5. The van der Waals surface area contributed by atoms with Crippen LogP contribution in [0.15, 0.2) is 83.9 Å². The standard InChI is InChI=1S/C59H84N18O14.C21H30O3/c1-31(2)22-40(49(82)68-39(12-8-20-64-57(60)61)56(89)77-21-9-13-46(77)55(88)75-76-58(62)90)69-54(87)45(29-91-59(3,4)5)74-50(83)41(23-32-14-16-35(79)17-15-32)70-53(86)44(28-78)73-51(84)42(24-33-26-65-37-11-7-6-10-36(33)37)71-52(85)43(25-34-27-63-30-66-34)72-48(81)38-18-19-47(80)67-38;1-12(22)16-6-7-17-15-5-4-13-10-14(23)11-19(24)21(13,3)18(15)8-9-20(16,17)2/h6-7,10-11,14-17,26-27,30-31,38-46,65,78-79H,8-9,12-13,18-25,28-29H2,1-5H3,(H,63,66)(H,67,80)(H,68,82)(H,69,87)(H,70,86)(H,71,85)(H,72,81)(H,73,84)(H,74,83)(H,75,88)(H4,60,61,64)(H3,62,76,90);10,15-19,24H,4-9,11H2,1-3H3/t38-,39-,40-,41-,42-,43-,44-,45+,46-;15-,16+,17-,18-,19?,20+,21-/m00/s1. The number of aromatic hydroxyl groups is 1. The van der Waals surface area contributed by atoms with E-state index in [0.717, 1.165) is 38.5 Å². The summed E-state index contributed by atoms with van der Waals surface area (Å²) in [4.78, 5) is 191. The summed E-state index contributed by atoms with van der Waals surface area (Å²) in [5.74, 6) is -6.24. The highest BCUT2D eigenvalue weighted by molar-refractivity contribution is 6.00. The van der Waals surface area contributed by atoms with E-state index in [2.05, 4.69) is 81.8 Å². The van der Waals surface area contributed by atoms with Gasteiger partial charge in [-0.15, -0.1) is 0 Å². The van der Waals surface area contributed by atoms with Crippen molar-refractivity contribution in [3.63, 3.8) is 0 Å². The van der Waals surface area contributed by atoms with Gasteiger partial charge in [0.1, 0.15) is 65.9 Å². The topological polar surface area (TPSA) is 550 Å². The number of nitrogens with one attached hydrogen (secondary N) is 12. The number of likely N-dealkylation sites (tertiary alicyclic amines) is 1. The van der Waals surface area contributed by atoms with Gasteiger partial charge in [-0.3, -0.25) is 68.0 Å². The number of guanidine groups is 1. The maximum atomic E-state index is 14.8. The molecule has 6 aliphatic rings. The number of ketones is 2. The van der Waals surface area contributed by atoms with Crippen molar-refractivity contribution in [2.24, 2.45) is 62.6 Å². The number of amides is 12. The monoisotopic (exact) mass is 1600 g/mol. The molecule has 4 aliphatic carbocycles. The number of hydrogen-bond donors (Lipinski definition) is 18. The molecule has 35 nitrogen and oxygen atoms in total. The van der Waals surface area contributed by atoms with Gasteiger partial charge in [0.05, 0.1) is 31.2 Å². The van der Waals surface area contributed by atoms with Crippen molar-refractivity contribution >= 4 is 93.5 Å². The fourth-order valence-electron chi connectivity index (χ4n) is 17.5. The lowest BCUT2D eigenvalue weighted by molar-refractivity contribution is -0.142. The van der Waals surface area contributed by atoms with Gasteiger partial charge in [0.25, 0.3) is 5.91 Å². The molecule has 35 heteroatoms. The molecule has 626 valence electrons. The Morgan fingerprint density at radius 2 is 1.35 bits per heavy atom. The van der Waals surface area contributed by atoms with Crippen LogP contribution in [-0.4, -0.2) is 210 Å². The van der Waals surface area contributed by atoms with Gasteiger partial charge in [0, 0.05) is 85.5 Å². The number of primary amides is 1. The maximum Gasteiger partial charge on any atom is 0.330 e. The number of aliphatic imine (C=N–C) groups is 1. The highest BCUT2D eigenvalue weighted by atomic mass is 16.5. The molecule has 0 spiro atoms. The maximum absolute atomic E-state index is 14.8. The van der Waals surface area contributed by atoms with Gasteiger partial charge in [-0.05, 0) is 169 Å². The molecule has 0 bridgehead atoms. The number of rotatable bonds is 32. The number of hydrogen-bond acceptors (Lipinski definition) is 19. The quantitative estimate of drug-likeness (QED) is 0.0138. The zero-order valence-electron chi connectivity index (χ0n) is 66.6. The Bertz CT molecular complexity index is 4250. The number of aliphatic hydroxyl groups is 2. The number of imidazole rings is 1. The summed E-state index contributed by atoms with van der Waals surface area (Å²) < 4.78 is 6.03. The number of ether oxygens (including phenoxy) is 1. The van der Waals surface area contributed by atoms with E-state index < -0.39 is 138 Å². The van der Waals surface area contributed by atoms with Crippen LogP contribution in [0.1, 0.15) is 162 Å². The number of carbonyl (C=O) groups is 13. The van der Waals surface area contributed by atoms with Crippen LogP contribution in [-0.2, 0) is 81.5 Å². The number of nitrogens with zero attached hydrogens (tertiary/aromatic N) is 3. The first-order valence-electron chi connectivity index (χ1n) is 39.6. The summed E-state index contributed by atoms with van der Waals surface area (Å²) in [6.07, 6.45) is 12.9. The summed E-state index contributed by atoms with van der Waals surface area (Å²) in [5.41, 5.74) is 22.7. The number of hydrazine groups is 1. The van der Waals surface area contributed by atoms with E-state index in [-0.39, 0.29) is 123 Å². The smallest absolute Gasteiger partial charge is 0.330 e. The molecule has 5 fully saturated rings. The summed E-state index contributed by atoms with van der Waals surface area (Å²) >= 11 is 0. The van der Waals surface area contributed by atoms with Crippen molar-refractivity contribution in [2.75, 3.05) is 26.3 Å². The van der Waals surface area contributed by atoms with Crippen LogP contribution in [0.2, 0.25) is 0 Å². The molecule has 4 heterocycles. The summed E-state index contributed by atoms with van der Waals surface area (Å²) in [6, 6.07) is -0.716. The second-order valence-electron chi connectivity index (χ2n) is 33.0. The highest BCUT2D eigenvalue weighted by Crippen LogP contribution is 2.66. The summed E-state index contributed by atoms with van der Waals surface area (Å²) in [6.45, 7) is 13.6. The van der Waals surface area contributed by atoms with Gasteiger partial charge in [-0.25, -0.2) is 15.2 Å². The fourth-order valence-corrected chi connectivity index (χ4v) is 17.5. The van der Waals surface area contributed by atoms with Crippen LogP contribution in [0.25, 0.3) is 10.9 Å². The molecule has 2 saturated heterocycles. The first-order valence-corrected chi connectivity index (χ1v) is 39.6. The molecule has 1 unspecified atom stereocenters. The van der Waals surface area contributed by atoms with Gasteiger partial charge >= 0.3 is 6.03 Å². The van der Waals surface area contributed by atoms with Crippen LogP contribution >= 0.6 is 0 Å². The van der Waals surface area contributed by atoms with Crippen molar-refractivity contribution in [1.29, 1.82) is 0 Å². The van der Waals surface area contributed by atoms with Crippen molar-refractivity contribution < 1.29 is 82.4 Å². The number of phenols is 1. The van der Waals surface area contributed by atoms with Crippen molar-refractivity contribution in [3.05, 3.63) is 95.7 Å². The van der Waals surface area contributed by atoms with Crippen LogP contribution in [0.5, 0.6) is 5.75 Å². The van der Waals surface area contributed by atoms with Crippen molar-refractivity contribution in [1.82, 2.24) is 73.2 Å². The predicted molar refractivity (Wildman–Crippen MR) is 421 cm³/mol. The molecule has 0 radical (unpaired) electrons. The van der Waals surface area contributed by atoms with Crippen molar-refractivity contribution in [2.45, 2.75) is 231 Å². The Morgan fingerprint density at radius 1 is 0.713 bits per heavy atom. The number of nitrogens with two attached hydrogens (primary N) is 3. The van der Waals surface area contributed by atoms with E-state index >= 15 is 0 Å². The Morgan fingerprint density at radius 3 is 1.98 bits per heavy atom. The minimum absolute atomic E-state index is 0.00453. The molecule has 12 amide bonds. The number of H-pyrrole nitrogens is 2. The SMILES string of the molecule is CC(=O)[C@H]1CC[C@H]2[C@@H]3CCC4=CC(=O)CC(O)[C@]4(C)[C@H]3CC[C@]12C.CC(C)C[C@H](NC(=O)[C@@H](COC(C)(C)C)NC(=O)[C@H](Cc1ccc(O)cc1)NC(=O)[C@H](CO)NC(=O)[C@H](Cc1c[nH]c2ccccc12)NC(=O)[C@H](Cc1cnc[nH]1)NC(=O)[C@@H]1CCC(=O)N1)C(=O)N[C@@H](CCCN=C(N)N)C(=O)N1CCC[C@H]1C(=O)NNC(N)=O. The van der Waals surface area contributed by atoms with E-state index in [4.69, 9.17) is 21.9 Å². The molecule has 16 atom stereocenters. The lowest BCUT2D eigenvalue weighted by atomic mass is 9.46. The Kier molecular flexibility index (Phi) is 29.9. The number of aromatic amines is 2. The number of fused-ring (bicyclic) bond motifs is 6. The number of aromatic nitrogens is 3. The van der Waals surface area contributed by atoms with E-state index in [1.54, 1.807) is 72.0 Å². The molecular formula is C80H114N18O17. The average Bonchev–Trinajstić information content (AvgIpc) is 1.69. The summed E-state index contributed by atoms with van der Waals surface area (Å²) in [5, 5.41) is 53.6. The molecule has 21 N–H and O–H groups in total. The van der Waals surface area contributed by atoms with Crippen LogP contribution in [0, 0.1) is 40.4 Å². The number of urea groups is 1. The molecular weight excluding hydrogens is 1480 g/mol. The number of benzene rings is 2. The molecule has 2 aliphatic heterocycles. The number of Topliss-reactive ketones (excluding diaryl/α,β-unsaturated/α-hetero) is 1. The Balaban J connectivity index is 0.000000528. The molecule has 10 rings (SSSR count). The van der Waals surface area contributed by atoms with Gasteiger partial charge in [-0.2, -0.15) is 0 Å². The Labute approximate surface area is 667 Å². The Hall–Kier alpha value is -10.8. The average molecular weight is 1600 g/mol. The van der Waals surface area contributed by atoms with E-state index in [9.17, 15) is 77.6 Å². The lowest BCUT2D eigenvalue weighted by Gasteiger charge is -2.59. The molecule has 2 aromatic heterocycles. The number of phenolic OH excluding ortho intramolecular Hbond substituents is 1. The molecule has 115 heavy (non-hydrogen) atoms. The zero-order chi connectivity index (χ0) is 83.8. The zero-order valence-corrected chi connectivity index (χ0v) is 66.6. The van der Waals surface area contributed by atoms with E-state index in [0.29, 0.717) is 57.7 Å². The van der Waals surface area contributed by atoms with Gasteiger partial charge in [0.15, 0.2) is 11.7 Å². The molecule has 2 aromatic carbocycles. The van der Waals surface area contributed by atoms with Gasteiger partial charge in [-0.1, -0.05) is 63.6 Å². The minimum atomic E-state index is -1.80.